The van der Waals surface area contributed by atoms with Crippen LogP contribution in [0.25, 0.3) is 0 Å². The highest BCUT2D eigenvalue weighted by Gasteiger charge is 2.40. The highest BCUT2D eigenvalue weighted by Crippen LogP contribution is 2.55. The van der Waals surface area contributed by atoms with E-state index in [9.17, 15) is 4.57 Å². The number of nitrogens with zero attached hydrogens (tertiary/aromatic N) is 1. The van der Waals surface area contributed by atoms with Crippen LogP contribution in [0.1, 0.15) is 26.3 Å². The topological polar surface area (TPSA) is 48.0 Å². The first-order valence-corrected chi connectivity index (χ1v) is 9.46. The Kier molecular flexibility index (Phi) is 8.91. The largest absolute Gasteiger partial charge is 0.344 e. The van der Waals surface area contributed by atoms with E-state index in [1.807, 2.05) is 39.0 Å². The molecule has 0 aliphatic carbocycles. The van der Waals surface area contributed by atoms with Gasteiger partial charge in [0.05, 0.1) is 6.61 Å². The quantitative estimate of drug-likeness (QED) is 0.457. The average molecular weight is 329 g/mol. The van der Waals surface area contributed by atoms with Gasteiger partial charge in [0.25, 0.3) is 6.03 Å². The summed E-state index contributed by atoms with van der Waals surface area (Å²) in [5.74, 6) is 0. The Morgan fingerprint density at radius 2 is 1.64 bits per heavy atom. The zero-order valence-corrected chi connectivity index (χ0v) is 14.9. The number of hydrogen-bond donors (Lipinski definition) is 0. The molecule has 6 heteroatoms. The van der Waals surface area contributed by atoms with Crippen molar-refractivity contribution in [3.05, 3.63) is 35.9 Å². The van der Waals surface area contributed by atoms with E-state index in [0.29, 0.717) is 26.4 Å². The molecule has 0 aliphatic heterocycles. The molecule has 1 atom stereocenters. The Hall–Kier alpha value is -0.710. The Bertz CT molecular complexity index is 449. The molecule has 126 valence electrons. The van der Waals surface area contributed by atoms with Crippen LogP contribution in [-0.4, -0.2) is 44.1 Å². The van der Waals surface area contributed by atoms with Crippen molar-refractivity contribution >= 4 is 7.52 Å². The number of hydrogen-bond acceptors (Lipinski definition) is 4. The molecule has 1 unspecified atom stereocenters. The first-order valence-electron chi connectivity index (χ1n) is 7.81. The minimum Gasteiger partial charge on any atom is -0.344 e. The first kappa shape index (κ1) is 19.3. The maximum atomic E-state index is 13.3. The number of rotatable bonds is 11. The maximum absolute atomic E-state index is 13.3. The number of ether oxygens (including phenoxy) is 2. The van der Waals surface area contributed by atoms with Crippen LogP contribution in [0.2, 0.25) is 0 Å². The highest BCUT2D eigenvalue weighted by molar-refractivity contribution is 7.56. The summed E-state index contributed by atoms with van der Waals surface area (Å²) in [6.45, 7) is 7.34. The predicted molar refractivity (Wildman–Crippen MR) is 89.0 cm³/mol. The van der Waals surface area contributed by atoms with Crippen molar-refractivity contribution in [2.24, 2.45) is 0 Å². The van der Waals surface area contributed by atoms with E-state index in [4.69, 9.17) is 14.0 Å². The standard InChI is InChI=1S/C16H28NO4P/c1-5-19-16(20-6-2)22(18,21-7-3)17(4)14-13-15-11-9-8-10-12-15/h8-12,16H,5-7,13-14H2,1-4H3. The zero-order valence-electron chi connectivity index (χ0n) is 14.0. The lowest BCUT2D eigenvalue weighted by molar-refractivity contribution is -0.0931. The SMILES string of the molecule is CCOC(OCC)P(=O)(OCC)N(C)CCc1ccccc1. The maximum Gasteiger partial charge on any atom is 0.327 e. The predicted octanol–water partition coefficient (Wildman–Crippen LogP) is 3.75. The van der Waals surface area contributed by atoms with Crippen LogP contribution in [0.15, 0.2) is 30.3 Å². The summed E-state index contributed by atoms with van der Waals surface area (Å²) in [6, 6.07) is 9.26. The molecule has 0 heterocycles. The fourth-order valence-electron chi connectivity index (χ4n) is 2.10. The lowest BCUT2D eigenvalue weighted by atomic mass is 10.2. The molecule has 0 saturated heterocycles. The van der Waals surface area contributed by atoms with E-state index in [-0.39, 0.29) is 0 Å². The van der Waals surface area contributed by atoms with Gasteiger partial charge in [-0.15, -0.1) is 0 Å². The van der Waals surface area contributed by atoms with Gasteiger partial charge in [0.1, 0.15) is 0 Å². The van der Waals surface area contributed by atoms with Crippen molar-refractivity contribution in [3.8, 4) is 0 Å². The lowest BCUT2D eigenvalue weighted by Crippen LogP contribution is -2.30. The Morgan fingerprint density at radius 3 is 2.14 bits per heavy atom. The summed E-state index contributed by atoms with van der Waals surface area (Å²) >= 11 is 0. The fraction of sp³-hybridized carbons (Fsp3) is 0.625. The van der Waals surface area contributed by atoms with Gasteiger partial charge < -0.3 is 14.0 Å². The van der Waals surface area contributed by atoms with Crippen molar-refractivity contribution < 1.29 is 18.6 Å². The molecule has 22 heavy (non-hydrogen) atoms. The summed E-state index contributed by atoms with van der Waals surface area (Å²) in [7, 11) is -1.41. The molecule has 5 nitrogen and oxygen atoms in total. The molecule has 0 aliphatic rings. The van der Waals surface area contributed by atoms with E-state index >= 15 is 0 Å². The van der Waals surface area contributed by atoms with Gasteiger partial charge in [-0.2, -0.15) is 0 Å². The molecule has 0 fully saturated rings. The summed E-state index contributed by atoms with van der Waals surface area (Å²) in [6.07, 6.45) is 0.791. The van der Waals surface area contributed by atoms with E-state index in [0.717, 1.165) is 6.42 Å². The molecular weight excluding hydrogens is 301 g/mol. The van der Waals surface area contributed by atoms with Gasteiger partial charge in [0, 0.05) is 19.8 Å². The van der Waals surface area contributed by atoms with Crippen molar-refractivity contribution in [2.45, 2.75) is 33.2 Å². The molecule has 0 spiro atoms. The molecule has 0 radical (unpaired) electrons. The third kappa shape index (κ3) is 5.49. The van der Waals surface area contributed by atoms with Crippen LogP contribution in [0.5, 0.6) is 0 Å². The van der Waals surface area contributed by atoms with E-state index in [1.165, 1.54) is 5.56 Å². The van der Waals surface area contributed by atoms with Gasteiger partial charge in [-0.3, -0.25) is 4.57 Å². The fourth-order valence-corrected chi connectivity index (χ4v) is 4.17. The summed E-state index contributed by atoms with van der Waals surface area (Å²) in [5.41, 5.74) is 1.20. The third-order valence-electron chi connectivity index (χ3n) is 3.24. The van der Waals surface area contributed by atoms with Crippen LogP contribution in [0.3, 0.4) is 0 Å². The van der Waals surface area contributed by atoms with Gasteiger partial charge >= 0.3 is 7.52 Å². The second kappa shape index (κ2) is 10.1. The van der Waals surface area contributed by atoms with Gasteiger partial charge in [0.15, 0.2) is 0 Å². The third-order valence-corrected chi connectivity index (χ3v) is 5.85. The minimum absolute atomic E-state index is 0.351. The van der Waals surface area contributed by atoms with Crippen molar-refractivity contribution in [1.29, 1.82) is 0 Å². The lowest BCUT2D eigenvalue weighted by Gasteiger charge is -2.32. The Morgan fingerprint density at radius 1 is 1.05 bits per heavy atom. The second-order valence-electron chi connectivity index (χ2n) is 4.82. The molecule has 0 saturated carbocycles. The first-order chi connectivity index (χ1) is 10.6. The molecule has 0 amide bonds. The van der Waals surface area contributed by atoms with Crippen molar-refractivity contribution in [2.75, 3.05) is 33.4 Å². The molecule has 1 rings (SSSR count). The second-order valence-corrected chi connectivity index (χ2v) is 7.31. The molecular formula is C16H28NO4P. The van der Waals surface area contributed by atoms with Crippen LogP contribution in [0.4, 0.5) is 0 Å². The van der Waals surface area contributed by atoms with Crippen LogP contribution in [0, 0.1) is 0 Å². The molecule has 0 bridgehead atoms. The van der Waals surface area contributed by atoms with Crippen molar-refractivity contribution in [3.63, 3.8) is 0 Å². The Labute approximate surface area is 134 Å². The highest BCUT2D eigenvalue weighted by atomic mass is 31.2. The summed E-state index contributed by atoms with van der Waals surface area (Å²) in [4.78, 5) is 0. The van der Waals surface area contributed by atoms with Crippen molar-refractivity contribution in [1.82, 2.24) is 4.67 Å². The van der Waals surface area contributed by atoms with E-state index < -0.39 is 13.6 Å². The monoisotopic (exact) mass is 329 g/mol. The van der Waals surface area contributed by atoms with E-state index in [1.54, 1.807) is 11.7 Å². The molecule has 1 aromatic rings. The smallest absolute Gasteiger partial charge is 0.327 e. The minimum atomic E-state index is -3.20. The number of likely N-dealkylation sites (N-methyl/N-ethyl adjacent to an activating group) is 1. The van der Waals surface area contributed by atoms with E-state index in [2.05, 4.69) is 12.1 Å². The normalized spacial score (nSPS) is 14.5. The zero-order chi connectivity index (χ0) is 16.4. The van der Waals surface area contributed by atoms with Crippen LogP contribution in [-0.2, 0) is 25.0 Å². The Balaban J connectivity index is 2.79. The van der Waals surface area contributed by atoms with Crippen LogP contribution < -0.4 is 0 Å². The van der Waals surface area contributed by atoms with Gasteiger partial charge in [-0.05, 0) is 39.8 Å². The summed E-state index contributed by atoms with van der Waals surface area (Å²) < 4.78 is 31.6. The van der Waals surface area contributed by atoms with Gasteiger partial charge in [0.2, 0.25) is 0 Å². The van der Waals surface area contributed by atoms with Gasteiger partial charge in [-0.25, -0.2) is 4.67 Å². The summed E-state index contributed by atoms with van der Waals surface area (Å²) in [5, 5.41) is 0. The molecule has 0 aromatic heterocycles. The molecule has 1 aromatic carbocycles. The molecule has 0 N–H and O–H groups in total. The van der Waals surface area contributed by atoms with Crippen LogP contribution >= 0.6 is 7.52 Å². The van der Waals surface area contributed by atoms with Gasteiger partial charge in [-0.1, -0.05) is 30.3 Å². The number of benzene rings is 1. The average Bonchev–Trinajstić information content (AvgIpc) is 2.53.